The second-order valence-corrected chi connectivity index (χ2v) is 1.84. The first-order chi connectivity index (χ1) is 4.43. The summed E-state index contributed by atoms with van der Waals surface area (Å²) < 4.78 is 4.91. The molecule has 0 spiro atoms. The predicted molar refractivity (Wildman–Crippen MR) is 42.7 cm³/mol. The van der Waals surface area contributed by atoms with Crippen molar-refractivity contribution < 1.29 is 21.7 Å². The minimum atomic E-state index is 0. The largest absolute Gasteiger partial charge is 2.00 e. The summed E-state index contributed by atoms with van der Waals surface area (Å²) in [6.07, 6.45) is 7.75. The van der Waals surface area contributed by atoms with Gasteiger partial charge in [-0.15, -0.1) is 17.7 Å². The molecule has 0 heterocycles. The van der Waals surface area contributed by atoms with Crippen molar-refractivity contribution in [3.05, 3.63) is 36.0 Å². The Morgan fingerprint density at radius 1 is 1.64 bits per heavy atom. The fraction of sp³-hybridized carbons (Fsp3) is 0.250. The maximum absolute atomic E-state index is 4.91. The van der Waals surface area contributed by atoms with Crippen LogP contribution in [0.15, 0.2) is 29.5 Å². The number of hydrogen-bond donors (Lipinski definition) is 0. The van der Waals surface area contributed by atoms with Crippen LogP contribution < -0.4 is 17.0 Å². The summed E-state index contributed by atoms with van der Waals surface area (Å²) in [7, 11) is 1.69. The number of ether oxygens (including phenoxy) is 1. The molecule has 0 saturated carbocycles. The van der Waals surface area contributed by atoms with E-state index < -0.39 is 0 Å². The van der Waals surface area contributed by atoms with Gasteiger partial charge in [0.2, 0.25) is 0 Å². The van der Waals surface area contributed by atoms with E-state index in [0.717, 1.165) is 0 Å². The number of halogens is 1. The average molecular weight is 225 g/mol. The molecule has 0 fully saturated rings. The monoisotopic (exact) mass is 224 g/mol. The third kappa shape index (κ3) is 5.59. The Morgan fingerprint density at radius 2 is 2.36 bits per heavy atom. The molecule has 11 heavy (non-hydrogen) atoms. The van der Waals surface area contributed by atoms with Gasteiger partial charge in [0.1, 0.15) is 0 Å². The summed E-state index contributed by atoms with van der Waals surface area (Å²) >= 11 is 0. The van der Waals surface area contributed by atoms with Crippen molar-refractivity contribution in [1.29, 1.82) is 0 Å². The van der Waals surface area contributed by atoms with Crippen LogP contribution in [0.5, 0.6) is 0 Å². The molecule has 1 nitrogen and oxygen atoms in total. The van der Waals surface area contributed by atoms with E-state index in [1.807, 2.05) is 24.6 Å². The SMILES string of the molecule is COCC1=CC=C=C[CH-]1.[Br-].[Mg+2]. The van der Waals surface area contributed by atoms with Crippen molar-refractivity contribution in [2.45, 2.75) is 0 Å². The molecule has 0 atom stereocenters. The first-order valence-electron chi connectivity index (χ1n) is 2.87. The van der Waals surface area contributed by atoms with Gasteiger partial charge >= 0.3 is 23.1 Å². The van der Waals surface area contributed by atoms with E-state index >= 15 is 0 Å². The van der Waals surface area contributed by atoms with Gasteiger partial charge in [0.15, 0.2) is 0 Å². The third-order valence-electron chi connectivity index (χ3n) is 1.10. The van der Waals surface area contributed by atoms with Crippen LogP contribution in [0.1, 0.15) is 0 Å². The number of methoxy groups -OCH3 is 1. The van der Waals surface area contributed by atoms with Crippen LogP contribution in [0.4, 0.5) is 0 Å². The maximum atomic E-state index is 4.91. The normalized spacial score (nSPS) is 12.3. The quantitative estimate of drug-likeness (QED) is 0.303. The standard InChI is InChI=1S/C8H9O.BrH.Mg/c1-9-7-8-5-3-2-4-6-8;;/h3-6H,7H2,1H3;1H;/q-1;;+2/p-1. The first kappa shape index (κ1) is 13.9. The fourth-order valence-electron chi connectivity index (χ4n) is 0.684. The number of hydrogen-bond acceptors (Lipinski definition) is 1. The van der Waals surface area contributed by atoms with Gasteiger partial charge in [0.05, 0.1) is 0 Å². The zero-order valence-electron chi connectivity index (χ0n) is 6.51. The molecule has 56 valence electrons. The van der Waals surface area contributed by atoms with Crippen LogP contribution >= 0.6 is 0 Å². The molecular formula is C8H9BrMgO. The maximum Gasteiger partial charge on any atom is 2.00 e. The molecular weight excluding hydrogens is 216 g/mol. The Hall–Kier alpha value is 0.336. The van der Waals surface area contributed by atoms with Crippen molar-refractivity contribution in [3.8, 4) is 0 Å². The zero-order chi connectivity index (χ0) is 6.53. The van der Waals surface area contributed by atoms with Crippen LogP contribution in [0.3, 0.4) is 0 Å². The van der Waals surface area contributed by atoms with Gasteiger partial charge in [-0.2, -0.15) is 12.5 Å². The number of allylic oxidation sites excluding steroid dienone is 2. The molecule has 0 bridgehead atoms. The molecule has 1 aliphatic rings. The third-order valence-corrected chi connectivity index (χ3v) is 1.10. The van der Waals surface area contributed by atoms with Crippen LogP contribution in [-0.4, -0.2) is 36.8 Å². The Bertz CT molecular complexity index is 181. The zero-order valence-corrected chi connectivity index (χ0v) is 9.51. The smallest absolute Gasteiger partial charge is 1.00 e. The van der Waals surface area contributed by atoms with E-state index in [2.05, 4.69) is 5.73 Å². The summed E-state index contributed by atoms with van der Waals surface area (Å²) in [5, 5.41) is 0. The van der Waals surface area contributed by atoms with Crippen LogP contribution in [0.25, 0.3) is 0 Å². The van der Waals surface area contributed by atoms with Gasteiger partial charge in [-0.1, -0.05) is 0 Å². The predicted octanol–water partition coefficient (Wildman–Crippen LogP) is -1.89. The van der Waals surface area contributed by atoms with Crippen LogP contribution in [0.2, 0.25) is 0 Å². The molecule has 0 aromatic rings. The van der Waals surface area contributed by atoms with Crippen molar-refractivity contribution in [3.63, 3.8) is 0 Å². The number of rotatable bonds is 2. The van der Waals surface area contributed by atoms with E-state index in [-0.39, 0.29) is 40.0 Å². The average Bonchev–Trinajstić information content (AvgIpc) is 1.91. The molecule has 1 aliphatic carbocycles. The molecule has 3 heteroatoms. The second kappa shape index (κ2) is 8.43. The molecule has 0 saturated heterocycles. The van der Waals surface area contributed by atoms with Crippen LogP contribution in [0, 0.1) is 6.42 Å². The van der Waals surface area contributed by atoms with Gasteiger partial charge in [-0.25, -0.2) is 0 Å². The summed E-state index contributed by atoms with van der Waals surface area (Å²) in [5.74, 6) is 0. The molecule has 0 radical (unpaired) electrons. The Morgan fingerprint density at radius 3 is 2.82 bits per heavy atom. The Labute approximate surface area is 94.1 Å². The Balaban J connectivity index is 0. The summed E-state index contributed by atoms with van der Waals surface area (Å²) in [5.41, 5.74) is 4.13. The van der Waals surface area contributed by atoms with Crippen molar-refractivity contribution in [2.24, 2.45) is 0 Å². The summed E-state index contributed by atoms with van der Waals surface area (Å²) in [6.45, 7) is 0.689. The van der Waals surface area contributed by atoms with E-state index in [4.69, 9.17) is 4.74 Å². The fourth-order valence-corrected chi connectivity index (χ4v) is 0.684. The topological polar surface area (TPSA) is 9.23 Å². The molecule has 0 aromatic carbocycles. The van der Waals surface area contributed by atoms with Gasteiger partial charge in [-0.3, -0.25) is 5.73 Å². The van der Waals surface area contributed by atoms with Gasteiger partial charge in [-0.05, 0) is 0 Å². The molecule has 1 rings (SSSR count). The minimum absolute atomic E-state index is 0. The second-order valence-electron chi connectivity index (χ2n) is 1.84. The van der Waals surface area contributed by atoms with Gasteiger partial charge in [0, 0.05) is 13.7 Å². The Kier molecular flexibility index (Phi) is 10.7. The van der Waals surface area contributed by atoms with Crippen LogP contribution in [-0.2, 0) is 4.74 Å². The molecule has 0 aromatic heterocycles. The van der Waals surface area contributed by atoms with Crippen molar-refractivity contribution >= 4 is 23.1 Å². The summed E-state index contributed by atoms with van der Waals surface area (Å²) in [4.78, 5) is 0. The molecule has 0 N–H and O–H groups in total. The molecule has 0 unspecified atom stereocenters. The van der Waals surface area contributed by atoms with E-state index in [1.165, 1.54) is 5.57 Å². The van der Waals surface area contributed by atoms with Crippen molar-refractivity contribution in [1.82, 2.24) is 0 Å². The van der Waals surface area contributed by atoms with Gasteiger partial charge < -0.3 is 21.7 Å². The first-order valence-corrected chi connectivity index (χ1v) is 2.87. The van der Waals surface area contributed by atoms with E-state index in [1.54, 1.807) is 7.11 Å². The molecule has 0 amide bonds. The summed E-state index contributed by atoms with van der Waals surface area (Å²) in [6, 6.07) is 0. The van der Waals surface area contributed by atoms with Gasteiger partial charge in [0.25, 0.3) is 0 Å². The molecule has 0 aliphatic heterocycles. The minimum Gasteiger partial charge on any atom is -1.00 e. The van der Waals surface area contributed by atoms with E-state index in [0.29, 0.717) is 6.61 Å². The van der Waals surface area contributed by atoms with E-state index in [9.17, 15) is 0 Å². The van der Waals surface area contributed by atoms with Crippen molar-refractivity contribution in [2.75, 3.05) is 13.7 Å².